The van der Waals surface area contributed by atoms with Crippen LogP contribution >= 0.6 is 0 Å². The molecule has 3 aromatic carbocycles. The lowest BCUT2D eigenvalue weighted by atomic mass is 10.1. The van der Waals surface area contributed by atoms with Crippen molar-refractivity contribution in [2.45, 2.75) is 20.0 Å². The molecule has 0 bridgehead atoms. The second-order valence-corrected chi connectivity index (χ2v) is 6.52. The van der Waals surface area contributed by atoms with Crippen LogP contribution in [0.2, 0.25) is 0 Å². The summed E-state index contributed by atoms with van der Waals surface area (Å²) in [6.45, 7) is 4.11. The fourth-order valence-corrected chi connectivity index (χ4v) is 2.80. The molecule has 3 aromatic rings. The van der Waals surface area contributed by atoms with Gasteiger partial charge in [0.1, 0.15) is 0 Å². The Bertz CT molecular complexity index is 954. The van der Waals surface area contributed by atoms with Gasteiger partial charge in [0.2, 0.25) is 0 Å². The van der Waals surface area contributed by atoms with E-state index in [4.69, 9.17) is 0 Å². The SMILES string of the molecule is Cc1ccc(Nc2ccc(C=Cc3cccc(C(F)(F)F)c3)cc2)c(C)c1. The molecule has 0 fully saturated rings. The molecule has 0 aliphatic rings. The lowest BCUT2D eigenvalue weighted by molar-refractivity contribution is -0.137. The Morgan fingerprint density at radius 2 is 1.48 bits per heavy atom. The van der Waals surface area contributed by atoms with Crippen molar-refractivity contribution in [1.82, 2.24) is 0 Å². The number of aryl methyl sites for hydroxylation is 2. The van der Waals surface area contributed by atoms with Crippen molar-refractivity contribution in [1.29, 1.82) is 0 Å². The van der Waals surface area contributed by atoms with Crippen LogP contribution in [0.25, 0.3) is 12.2 Å². The lowest BCUT2D eigenvalue weighted by Crippen LogP contribution is -2.04. The molecule has 0 heterocycles. The van der Waals surface area contributed by atoms with Gasteiger partial charge in [-0.1, -0.05) is 54.1 Å². The molecule has 1 nitrogen and oxygen atoms in total. The maximum atomic E-state index is 12.8. The van der Waals surface area contributed by atoms with Gasteiger partial charge in [0.05, 0.1) is 5.56 Å². The van der Waals surface area contributed by atoms with Crippen LogP contribution in [0.1, 0.15) is 27.8 Å². The Morgan fingerprint density at radius 3 is 2.15 bits per heavy atom. The highest BCUT2D eigenvalue weighted by atomic mass is 19.4. The largest absolute Gasteiger partial charge is 0.416 e. The third-order valence-electron chi connectivity index (χ3n) is 4.25. The van der Waals surface area contributed by atoms with Gasteiger partial charge in [-0.3, -0.25) is 0 Å². The molecule has 0 radical (unpaired) electrons. The predicted molar refractivity (Wildman–Crippen MR) is 106 cm³/mol. The first-order chi connectivity index (χ1) is 12.8. The van der Waals surface area contributed by atoms with Crippen LogP contribution in [0.15, 0.2) is 66.7 Å². The molecular weight excluding hydrogens is 347 g/mol. The standard InChI is InChI=1S/C23H20F3N/c1-16-6-13-22(17(2)14-16)27-21-11-9-18(10-12-21)7-8-19-4-3-5-20(15-19)23(24,25)26/h3-15,27H,1-2H3. The number of nitrogens with one attached hydrogen (secondary N) is 1. The van der Waals surface area contributed by atoms with Crippen LogP contribution in [-0.4, -0.2) is 0 Å². The van der Waals surface area contributed by atoms with Crippen LogP contribution in [0, 0.1) is 13.8 Å². The smallest absolute Gasteiger partial charge is 0.355 e. The van der Waals surface area contributed by atoms with Crippen molar-refractivity contribution in [3.05, 3.63) is 94.5 Å². The minimum atomic E-state index is -4.33. The van der Waals surface area contributed by atoms with E-state index in [1.807, 2.05) is 30.3 Å². The van der Waals surface area contributed by atoms with Gasteiger partial charge < -0.3 is 5.32 Å². The quantitative estimate of drug-likeness (QED) is 0.479. The molecule has 0 aromatic heterocycles. The third-order valence-corrected chi connectivity index (χ3v) is 4.25. The third kappa shape index (κ3) is 5.00. The molecule has 138 valence electrons. The van der Waals surface area contributed by atoms with E-state index in [9.17, 15) is 13.2 Å². The van der Waals surface area contributed by atoms with Crippen molar-refractivity contribution in [2.75, 3.05) is 5.32 Å². The summed E-state index contributed by atoms with van der Waals surface area (Å²) in [5, 5.41) is 3.38. The van der Waals surface area contributed by atoms with Gasteiger partial charge in [0.25, 0.3) is 0 Å². The van der Waals surface area contributed by atoms with Crippen molar-refractivity contribution in [3.63, 3.8) is 0 Å². The average molecular weight is 367 g/mol. The fourth-order valence-electron chi connectivity index (χ4n) is 2.80. The van der Waals surface area contributed by atoms with Crippen LogP contribution in [0.3, 0.4) is 0 Å². The minimum Gasteiger partial charge on any atom is -0.355 e. The lowest BCUT2D eigenvalue weighted by Gasteiger charge is -2.10. The number of halogens is 3. The summed E-state index contributed by atoms with van der Waals surface area (Å²) in [4.78, 5) is 0. The number of anilines is 2. The summed E-state index contributed by atoms with van der Waals surface area (Å²) in [5.41, 5.74) is 5.18. The highest BCUT2D eigenvalue weighted by Crippen LogP contribution is 2.30. The Morgan fingerprint density at radius 1 is 0.778 bits per heavy atom. The summed E-state index contributed by atoms with van der Waals surface area (Å²) in [5.74, 6) is 0. The summed E-state index contributed by atoms with van der Waals surface area (Å²) in [6, 6.07) is 19.3. The van der Waals surface area contributed by atoms with Crippen molar-refractivity contribution >= 4 is 23.5 Å². The van der Waals surface area contributed by atoms with E-state index >= 15 is 0 Å². The molecule has 27 heavy (non-hydrogen) atoms. The van der Waals surface area contributed by atoms with Gasteiger partial charge in [-0.25, -0.2) is 0 Å². The predicted octanol–water partition coefficient (Wildman–Crippen LogP) is 7.24. The van der Waals surface area contributed by atoms with E-state index in [0.717, 1.165) is 29.1 Å². The molecule has 0 aliphatic heterocycles. The zero-order chi connectivity index (χ0) is 19.4. The molecule has 0 aliphatic carbocycles. The Balaban J connectivity index is 1.71. The van der Waals surface area contributed by atoms with Gasteiger partial charge in [-0.15, -0.1) is 0 Å². The Hall–Kier alpha value is -3.01. The molecule has 0 saturated heterocycles. The highest BCUT2D eigenvalue weighted by molar-refractivity contribution is 5.72. The van der Waals surface area contributed by atoms with E-state index < -0.39 is 11.7 Å². The van der Waals surface area contributed by atoms with E-state index in [1.54, 1.807) is 18.2 Å². The van der Waals surface area contributed by atoms with Crippen LogP contribution in [0.4, 0.5) is 24.5 Å². The monoisotopic (exact) mass is 367 g/mol. The van der Waals surface area contributed by atoms with Crippen LogP contribution in [-0.2, 0) is 6.18 Å². The Kier molecular flexibility index (Phi) is 5.36. The van der Waals surface area contributed by atoms with Crippen molar-refractivity contribution in [2.24, 2.45) is 0 Å². The van der Waals surface area contributed by atoms with E-state index in [1.165, 1.54) is 17.2 Å². The first-order valence-electron chi connectivity index (χ1n) is 8.61. The van der Waals surface area contributed by atoms with Crippen molar-refractivity contribution in [3.8, 4) is 0 Å². The van der Waals surface area contributed by atoms with Gasteiger partial charge in [-0.2, -0.15) is 13.2 Å². The molecule has 4 heteroatoms. The first-order valence-corrected chi connectivity index (χ1v) is 8.61. The molecule has 0 unspecified atom stereocenters. The van der Waals surface area contributed by atoms with Gasteiger partial charge in [-0.05, 0) is 60.9 Å². The number of benzene rings is 3. The number of rotatable bonds is 4. The normalized spacial score (nSPS) is 11.7. The molecule has 0 atom stereocenters. The topological polar surface area (TPSA) is 12.0 Å². The summed E-state index contributed by atoms with van der Waals surface area (Å²) in [6.07, 6.45) is -0.844. The molecule has 3 rings (SSSR count). The number of hydrogen-bond donors (Lipinski definition) is 1. The highest BCUT2D eigenvalue weighted by Gasteiger charge is 2.30. The average Bonchev–Trinajstić information content (AvgIpc) is 2.63. The Labute approximate surface area is 157 Å². The second kappa shape index (κ2) is 7.70. The fraction of sp³-hybridized carbons (Fsp3) is 0.130. The van der Waals surface area contributed by atoms with E-state index in [0.29, 0.717) is 5.56 Å². The molecule has 1 N–H and O–H groups in total. The van der Waals surface area contributed by atoms with Gasteiger partial charge >= 0.3 is 6.18 Å². The molecule has 0 amide bonds. The second-order valence-electron chi connectivity index (χ2n) is 6.52. The number of alkyl halides is 3. The van der Waals surface area contributed by atoms with Crippen molar-refractivity contribution < 1.29 is 13.2 Å². The summed E-state index contributed by atoms with van der Waals surface area (Å²) >= 11 is 0. The summed E-state index contributed by atoms with van der Waals surface area (Å²) in [7, 11) is 0. The van der Waals surface area contributed by atoms with Gasteiger partial charge in [0.15, 0.2) is 0 Å². The van der Waals surface area contributed by atoms with Crippen LogP contribution in [0.5, 0.6) is 0 Å². The minimum absolute atomic E-state index is 0.516. The molecule has 0 saturated carbocycles. The first kappa shape index (κ1) is 18.8. The van der Waals surface area contributed by atoms with E-state index in [2.05, 4.69) is 31.3 Å². The maximum Gasteiger partial charge on any atom is 0.416 e. The van der Waals surface area contributed by atoms with Gasteiger partial charge in [0, 0.05) is 11.4 Å². The summed E-state index contributed by atoms with van der Waals surface area (Å²) < 4.78 is 38.3. The maximum absolute atomic E-state index is 12.8. The molecular formula is C23H20F3N. The van der Waals surface area contributed by atoms with E-state index in [-0.39, 0.29) is 0 Å². The number of hydrogen-bond acceptors (Lipinski definition) is 1. The van der Waals surface area contributed by atoms with Crippen LogP contribution < -0.4 is 5.32 Å². The zero-order valence-corrected chi connectivity index (χ0v) is 15.1. The zero-order valence-electron chi connectivity index (χ0n) is 15.1. The molecule has 0 spiro atoms.